The van der Waals surface area contributed by atoms with E-state index in [1.54, 1.807) is 18.3 Å². The number of aromatic nitrogens is 2. The zero-order valence-electron chi connectivity index (χ0n) is 14.3. The molecule has 0 saturated carbocycles. The largest absolute Gasteiger partial charge is 0.343 e. The molecule has 3 aromatic rings. The van der Waals surface area contributed by atoms with Crippen molar-refractivity contribution in [3.05, 3.63) is 53.7 Å². The first-order chi connectivity index (χ1) is 12.9. The Balaban J connectivity index is 1.55. The summed E-state index contributed by atoms with van der Waals surface area (Å²) in [4.78, 5) is 28.4. The van der Waals surface area contributed by atoms with E-state index >= 15 is 0 Å². The van der Waals surface area contributed by atoms with E-state index in [1.165, 1.54) is 33.8 Å². The summed E-state index contributed by atoms with van der Waals surface area (Å²) in [6, 6.07) is 8.84. The molecule has 0 saturated heterocycles. The Morgan fingerprint density at radius 2 is 2.15 bits per heavy atom. The smallest absolute Gasteiger partial charge is 0.253 e. The second kappa shape index (κ2) is 8.32. The number of anilines is 1. The molecular formula is C17H15BN4O3S2. The summed E-state index contributed by atoms with van der Waals surface area (Å²) in [5.74, 6) is -0.815. The standard InChI is InChI=1S/C17H15BN4O3S2/c1-27(25)22-6-5-12(9-22)16(24)19-8-15(23)21-17-20-14(10-26-17)11-3-2-4-13(18)7-11/h2-7,9-10H,8H2,1H3,(H,19,24)(H,20,21,23). The van der Waals surface area contributed by atoms with E-state index in [9.17, 15) is 13.8 Å². The molecule has 7 nitrogen and oxygen atoms in total. The molecule has 0 spiro atoms. The van der Waals surface area contributed by atoms with Gasteiger partial charge in [-0.3, -0.25) is 13.6 Å². The van der Waals surface area contributed by atoms with Crippen molar-refractivity contribution < 1.29 is 13.8 Å². The minimum Gasteiger partial charge on any atom is -0.343 e. The average molecular weight is 398 g/mol. The van der Waals surface area contributed by atoms with Crippen LogP contribution in [0.2, 0.25) is 0 Å². The molecule has 0 aliphatic rings. The van der Waals surface area contributed by atoms with Gasteiger partial charge in [0.05, 0.1) is 17.8 Å². The van der Waals surface area contributed by atoms with Crippen molar-refractivity contribution in [3.63, 3.8) is 0 Å². The van der Waals surface area contributed by atoms with E-state index < -0.39 is 22.8 Å². The van der Waals surface area contributed by atoms with Gasteiger partial charge >= 0.3 is 0 Å². The van der Waals surface area contributed by atoms with Crippen LogP contribution in [0.4, 0.5) is 5.13 Å². The lowest BCUT2D eigenvalue weighted by molar-refractivity contribution is -0.115. The highest BCUT2D eigenvalue weighted by molar-refractivity contribution is 7.82. The number of nitrogens with zero attached hydrogens (tertiary/aromatic N) is 2. The van der Waals surface area contributed by atoms with E-state index in [0.717, 1.165) is 5.56 Å². The quantitative estimate of drug-likeness (QED) is 0.604. The van der Waals surface area contributed by atoms with Crippen molar-refractivity contribution in [1.29, 1.82) is 0 Å². The molecule has 0 fully saturated rings. The van der Waals surface area contributed by atoms with Gasteiger partial charge in [0.15, 0.2) is 5.13 Å². The maximum absolute atomic E-state index is 12.0. The van der Waals surface area contributed by atoms with Crippen LogP contribution in [-0.4, -0.2) is 45.6 Å². The maximum atomic E-state index is 12.0. The first kappa shape index (κ1) is 19.1. The summed E-state index contributed by atoms with van der Waals surface area (Å²) in [6.45, 7) is -0.202. The molecule has 2 N–H and O–H groups in total. The molecule has 27 heavy (non-hydrogen) atoms. The molecule has 0 aliphatic carbocycles. The van der Waals surface area contributed by atoms with Crippen molar-refractivity contribution in [2.45, 2.75) is 0 Å². The molecule has 2 radical (unpaired) electrons. The summed E-state index contributed by atoms with van der Waals surface area (Å²) in [7, 11) is 4.53. The van der Waals surface area contributed by atoms with Crippen molar-refractivity contribution in [3.8, 4) is 11.3 Å². The molecule has 2 amide bonds. The van der Waals surface area contributed by atoms with Crippen LogP contribution >= 0.6 is 11.3 Å². The zero-order chi connectivity index (χ0) is 19.4. The summed E-state index contributed by atoms with van der Waals surface area (Å²) in [6.07, 6.45) is 4.50. The van der Waals surface area contributed by atoms with Gasteiger partial charge < -0.3 is 10.6 Å². The Labute approximate surface area is 163 Å². The van der Waals surface area contributed by atoms with E-state index in [4.69, 9.17) is 7.85 Å². The lowest BCUT2D eigenvalue weighted by Crippen LogP contribution is -2.32. The van der Waals surface area contributed by atoms with Crippen molar-refractivity contribution in [1.82, 2.24) is 14.3 Å². The molecule has 2 aromatic heterocycles. The number of nitrogens with one attached hydrogen (secondary N) is 2. The van der Waals surface area contributed by atoms with Crippen LogP contribution in [0.1, 0.15) is 10.4 Å². The fraction of sp³-hybridized carbons (Fsp3) is 0.118. The molecule has 1 atom stereocenters. The van der Waals surface area contributed by atoms with Gasteiger partial charge in [0.2, 0.25) is 5.91 Å². The van der Waals surface area contributed by atoms with Gasteiger partial charge in [-0.05, 0) is 6.07 Å². The molecule has 1 unspecified atom stereocenters. The number of thiazole rings is 1. The van der Waals surface area contributed by atoms with Gasteiger partial charge in [-0.25, -0.2) is 9.19 Å². The molecular weight excluding hydrogens is 383 g/mol. The van der Waals surface area contributed by atoms with Gasteiger partial charge in [-0.15, -0.1) is 11.3 Å². The fourth-order valence-electron chi connectivity index (χ4n) is 2.26. The summed E-state index contributed by atoms with van der Waals surface area (Å²) < 4.78 is 12.7. The number of hydrogen-bond acceptors (Lipinski definition) is 5. The number of carbonyl (C=O) groups excluding carboxylic acids is 2. The van der Waals surface area contributed by atoms with Gasteiger partial charge in [-0.1, -0.05) is 29.7 Å². The maximum Gasteiger partial charge on any atom is 0.253 e. The Bertz CT molecular complexity index is 1020. The van der Waals surface area contributed by atoms with Gasteiger partial charge in [0.25, 0.3) is 5.91 Å². The number of benzene rings is 1. The van der Waals surface area contributed by atoms with E-state index in [0.29, 0.717) is 21.9 Å². The normalized spacial score (nSPS) is 11.7. The molecule has 3 rings (SSSR count). The average Bonchev–Trinajstić information content (AvgIpc) is 3.29. The van der Waals surface area contributed by atoms with Crippen molar-refractivity contribution in [2.75, 3.05) is 18.1 Å². The van der Waals surface area contributed by atoms with Crippen LogP contribution in [0, 0.1) is 0 Å². The van der Waals surface area contributed by atoms with Crippen LogP contribution in [0.15, 0.2) is 48.1 Å². The Hall–Kier alpha value is -2.72. The predicted octanol–water partition coefficient (Wildman–Crippen LogP) is 0.916. The topological polar surface area (TPSA) is 93.1 Å². The molecule has 136 valence electrons. The minimum absolute atomic E-state index is 0.202. The summed E-state index contributed by atoms with van der Waals surface area (Å²) >= 11 is 1.28. The van der Waals surface area contributed by atoms with Crippen LogP contribution in [0.5, 0.6) is 0 Å². The monoisotopic (exact) mass is 398 g/mol. The SMILES string of the molecule is [B]c1cccc(-c2csc(NC(=O)CNC(=O)c3ccn(S(C)=O)c3)n2)c1. The highest BCUT2D eigenvalue weighted by Gasteiger charge is 2.12. The molecule has 0 aliphatic heterocycles. The molecule has 2 heterocycles. The number of amides is 2. The first-order valence-electron chi connectivity index (χ1n) is 7.84. The molecule has 1 aromatic carbocycles. The third-order valence-electron chi connectivity index (χ3n) is 3.57. The van der Waals surface area contributed by atoms with Crippen molar-refractivity contribution >= 4 is 52.6 Å². The number of carbonyl (C=O) groups is 2. The molecule has 0 bridgehead atoms. The van der Waals surface area contributed by atoms with Gasteiger partial charge in [0.1, 0.15) is 18.8 Å². The number of rotatable bonds is 6. The van der Waals surface area contributed by atoms with E-state index in [2.05, 4.69) is 15.6 Å². The first-order valence-corrected chi connectivity index (χ1v) is 10.2. The van der Waals surface area contributed by atoms with Gasteiger partial charge in [-0.2, -0.15) is 0 Å². The highest BCUT2D eigenvalue weighted by atomic mass is 32.2. The Morgan fingerprint density at radius 1 is 1.33 bits per heavy atom. The van der Waals surface area contributed by atoms with Crippen LogP contribution < -0.4 is 16.1 Å². The Morgan fingerprint density at radius 3 is 2.85 bits per heavy atom. The second-order valence-corrected chi connectivity index (χ2v) is 7.71. The second-order valence-electron chi connectivity index (χ2n) is 5.58. The lowest BCUT2D eigenvalue weighted by Gasteiger charge is -2.04. The minimum atomic E-state index is -1.24. The third kappa shape index (κ3) is 4.92. The highest BCUT2D eigenvalue weighted by Crippen LogP contribution is 2.24. The lowest BCUT2D eigenvalue weighted by atomic mass is 9.94. The molecule has 10 heteroatoms. The van der Waals surface area contributed by atoms with Gasteiger partial charge in [0, 0.05) is 29.6 Å². The number of hydrogen-bond donors (Lipinski definition) is 2. The van der Waals surface area contributed by atoms with E-state index in [-0.39, 0.29) is 6.54 Å². The van der Waals surface area contributed by atoms with Crippen LogP contribution in [-0.2, 0) is 15.8 Å². The zero-order valence-corrected chi connectivity index (χ0v) is 16.0. The Kier molecular flexibility index (Phi) is 5.87. The third-order valence-corrected chi connectivity index (χ3v) is 5.15. The summed E-state index contributed by atoms with van der Waals surface area (Å²) in [5.41, 5.74) is 2.53. The predicted molar refractivity (Wildman–Crippen MR) is 108 cm³/mol. The fourth-order valence-corrected chi connectivity index (χ4v) is 3.49. The van der Waals surface area contributed by atoms with E-state index in [1.807, 2.05) is 17.5 Å². The summed E-state index contributed by atoms with van der Waals surface area (Å²) in [5, 5.41) is 7.41. The van der Waals surface area contributed by atoms with Crippen molar-refractivity contribution in [2.24, 2.45) is 0 Å². The van der Waals surface area contributed by atoms with Crippen LogP contribution in [0.3, 0.4) is 0 Å². The van der Waals surface area contributed by atoms with Crippen LogP contribution in [0.25, 0.3) is 11.3 Å².